The van der Waals surface area contributed by atoms with E-state index >= 15 is 0 Å². The summed E-state index contributed by atoms with van der Waals surface area (Å²) in [4.78, 5) is 33.8. The zero-order valence-electron chi connectivity index (χ0n) is 18.2. The van der Waals surface area contributed by atoms with Crippen LogP contribution in [-0.2, 0) is 11.3 Å². The Hall–Kier alpha value is -3.70. The molecule has 2 heterocycles. The van der Waals surface area contributed by atoms with Crippen molar-refractivity contribution in [1.29, 1.82) is 5.26 Å². The lowest BCUT2D eigenvalue weighted by atomic mass is 10.1. The molecular formula is C24H25N5O3. The lowest BCUT2D eigenvalue weighted by molar-refractivity contribution is -0.133. The van der Waals surface area contributed by atoms with E-state index < -0.39 is 0 Å². The SMILES string of the molecule is COc1ccc(C(C#N)N2CCN(C(=O)Cn3cnc4c(C)cccc4c3=O)CC2)cc1. The first-order chi connectivity index (χ1) is 15.5. The molecule has 1 fully saturated rings. The third-order valence-corrected chi connectivity index (χ3v) is 5.95. The summed E-state index contributed by atoms with van der Waals surface area (Å²) in [5.74, 6) is 0.618. The number of hydrogen-bond acceptors (Lipinski definition) is 6. The van der Waals surface area contributed by atoms with Gasteiger partial charge in [-0.1, -0.05) is 24.3 Å². The van der Waals surface area contributed by atoms with Gasteiger partial charge in [-0.25, -0.2) is 4.98 Å². The minimum atomic E-state index is -0.381. The molecule has 1 aliphatic rings. The Balaban J connectivity index is 1.41. The Morgan fingerprint density at radius 1 is 1.16 bits per heavy atom. The van der Waals surface area contributed by atoms with Gasteiger partial charge in [0.05, 0.1) is 30.4 Å². The van der Waals surface area contributed by atoms with Crippen LogP contribution in [-0.4, -0.2) is 58.5 Å². The molecule has 1 unspecified atom stereocenters. The van der Waals surface area contributed by atoms with Crippen molar-refractivity contribution in [2.45, 2.75) is 19.5 Å². The Kier molecular flexibility index (Phi) is 6.19. The predicted octanol–water partition coefficient (Wildman–Crippen LogP) is 2.12. The number of carbonyl (C=O) groups excluding carboxylic acids is 1. The first-order valence-electron chi connectivity index (χ1n) is 10.5. The van der Waals surface area contributed by atoms with Gasteiger partial charge in [-0.2, -0.15) is 5.26 Å². The first-order valence-corrected chi connectivity index (χ1v) is 10.5. The van der Waals surface area contributed by atoms with Crippen LogP contribution in [0.25, 0.3) is 10.9 Å². The number of ether oxygens (including phenoxy) is 1. The number of rotatable bonds is 5. The fourth-order valence-electron chi connectivity index (χ4n) is 4.08. The van der Waals surface area contributed by atoms with Crippen molar-refractivity contribution in [3.63, 3.8) is 0 Å². The lowest BCUT2D eigenvalue weighted by Gasteiger charge is -2.37. The number of aryl methyl sites for hydroxylation is 1. The van der Waals surface area contributed by atoms with Gasteiger partial charge in [-0.3, -0.25) is 19.1 Å². The summed E-state index contributed by atoms with van der Waals surface area (Å²) in [5, 5.41) is 10.2. The Morgan fingerprint density at radius 3 is 2.53 bits per heavy atom. The molecular weight excluding hydrogens is 406 g/mol. The Bertz CT molecular complexity index is 1220. The van der Waals surface area contributed by atoms with Crippen LogP contribution in [0.1, 0.15) is 17.2 Å². The molecule has 1 aromatic heterocycles. The molecule has 0 aliphatic carbocycles. The second-order valence-electron chi connectivity index (χ2n) is 7.87. The van der Waals surface area contributed by atoms with Crippen LogP contribution in [0, 0.1) is 18.3 Å². The maximum absolute atomic E-state index is 12.9. The molecule has 32 heavy (non-hydrogen) atoms. The van der Waals surface area contributed by atoms with Gasteiger partial charge >= 0.3 is 0 Å². The van der Waals surface area contributed by atoms with E-state index in [2.05, 4.69) is 16.0 Å². The largest absolute Gasteiger partial charge is 0.497 e. The average Bonchev–Trinajstić information content (AvgIpc) is 2.82. The number of amides is 1. The van der Waals surface area contributed by atoms with E-state index in [9.17, 15) is 14.9 Å². The van der Waals surface area contributed by atoms with Crippen LogP contribution in [0.5, 0.6) is 5.75 Å². The van der Waals surface area contributed by atoms with Crippen LogP contribution in [0.4, 0.5) is 0 Å². The highest BCUT2D eigenvalue weighted by Crippen LogP contribution is 2.24. The third-order valence-electron chi connectivity index (χ3n) is 5.95. The van der Waals surface area contributed by atoms with Crippen molar-refractivity contribution in [3.05, 3.63) is 70.3 Å². The average molecular weight is 431 g/mol. The number of nitrogens with zero attached hydrogens (tertiary/aromatic N) is 5. The van der Waals surface area contributed by atoms with Crippen LogP contribution in [0.2, 0.25) is 0 Å². The van der Waals surface area contributed by atoms with Gasteiger partial charge in [0, 0.05) is 26.2 Å². The van der Waals surface area contributed by atoms with Gasteiger partial charge in [-0.05, 0) is 36.2 Å². The Labute approximate surface area is 186 Å². The number of methoxy groups -OCH3 is 1. The maximum atomic E-state index is 12.9. The molecule has 8 nitrogen and oxygen atoms in total. The van der Waals surface area contributed by atoms with E-state index in [1.807, 2.05) is 43.3 Å². The van der Waals surface area contributed by atoms with Crippen molar-refractivity contribution < 1.29 is 9.53 Å². The molecule has 3 aromatic rings. The van der Waals surface area contributed by atoms with Crippen molar-refractivity contribution >= 4 is 16.8 Å². The molecule has 0 radical (unpaired) electrons. The van der Waals surface area contributed by atoms with E-state index in [0.29, 0.717) is 37.1 Å². The smallest absolute Gasteiger partial charge is 0.261 e. The number of hydrogen-bond donors (Lipinski definition) is 0. The number of fused-ring (bicyclic) bond motifs is 1. The number of nitriles is 1. The van der Waals surface area contributed by atoms with Gasteiger partial charge < -0.3 is 9.64 Å². The standard InChI is InChI=1S/C24H25N5O3/c1-17-4-3-5-20-23(17)26-16-29(24(20)31)15-22(30)28-12-10-27(11-13-28)21(14-25)18-6-8-19(32-2)9-7-18/h3-9,16,21H,10-13,15H2,1-2H3. The van der Waals surface area contributed by atoms with E-state index in [1.165, 1.54) is 10.9 Å². The quantitative estimate of drug-likeness (QED) is 0.615. The fourth-order valence-corrected chi connectivity index (χ4v) is 4.08. The number of benzene rings is 2. The molecule has 0 bridgehead atoms. The van der Waals surface area contributed by atoms with Gasteiger partial charge in [0.1, 0.15) is 18.3 Å². The second kappa shape index (κ2) is 9.20. The fraction of sp³-hybridized carbons (Fsp3) is 0.333. The molecule has 1 atom stereocenters. The summed E-state index contributed by atoms with van der Waals surface area (Å²) < 4.78 is 6.55. The summed E-state index contributed by atoms with van der Waals surface area (Å²) in [6.45, 7) is 4.03. The van der Waals surface area contributed by atoms with Gasteiger partial charge in [-0.15, -0.1) is 0 Å². The number of carbonyl (C=O) groups is 1. The van der Waals surface area contributed by atoms with Crippen LogP contribution in [0.15, 0.2) is 53.6 Å². The van der Waals surface area contributed by atoms with Gasteiger partial charge in [0.2, 0.25) is 5.91 Å². The summed E-state index contributed by atoms with van der Waals surface area (Å²) in [7, 11) is 1.61. The molecule has 1 saturated heterocycles. The van der Waals surface area contributed by atoms with E-state index in [0.717, 1.165) is 16.9 Å². The Morgan fingerprint density at radius 2 is 1.88 bits per heavy atom. The van der Waals surface area contributed by atoms with Crippen LogP contribution in [0.3, 0.4) is 0 Å². The molecule has 1 amide bonds. The van der Waals surface area contributed by atoms with E-state index in [4.69, 9.17) is 4.74 Å². The number of piperazine rings is 1. The lowest BCUT2D eigenvalue weighted by Crippen LogP contribution is -2.50. The van der Waals surface area contributed by atoms with E-state index in [-0.39, 0.29) is 24.1 Å². The second-order valence-corrected chi connectivity index (χ2v) is 7.87. The zero-order valence-corrected chi connectivity index (χ0v) is 18.2. The molecule has 164 valence electrons. The maximum Gasteiger partial charge on any atom is 0.261 e. The van der Waals surface area contributed by atoms with E-state index in [1.54, 1.807) is 18.1 Å². The normalized spacial score (nSPS) is 15.3. The summed E-state index contributed by atoms with van der Waals surface area (Å²) >= 11 is 0. The molecule has 8 heteroatoms. The van der Waals surface area contributed by atoms with Crippen LogP contribution < -0.4 is 10.3 Å². The molecule has 0 saturated carbocycles. The number of para-hydroxylation sites is 1. The zero-order chi connectivity index (χ0) is 22.7. The molecule has 4 rings (SSSR count). The first kappa shape index (κ1) is 21.5. The van der Waals surface area contributed by atoms with Crippen molar-refractivity contribution in [1.82, 2.24) is 19.4 Å². The van der Waals surface area contributed by atoms with Crippen LogP contribution >= 0.6 is 0 Å². The highest BCUT2D eigenvalue weighted by Gasteiger charge is 2.27. The van der Waals surface area contributed by atoms with Crippen molar-refractivity contribution in [2.24, 2.45) is 0 Å². The number of aromatic nitrogens is 2. The highest BCUT2D eigenvalue weighted by molar-refractivity contribution is 5.81. The summed E-state index contributed by atoms with van der Waals surface area (Å²) in [5.41, 5.74) is 2.28. The molecule has 2 aromatic carbocycles. The minimum Gasteiger partial charge on any atom is -0.497 e. The monoisotopic (exact) mass is 431 g/mol. The predicted molar refractivity (Wildman–Crippen MR) is 120 cm³/mol. The summed E-state index contributed by atoms with van der Waals surface area (Å²) in [6.07, 6.45) is 1.45. The minimum absolute atomic E-state index is 0.0458. The molecule has 0 spiro atoms. The third kappa shape index (κ3) is 4.20. The van der Waals surface area contributed by atoms with Crippen molar-refractivity contribution in [3.8, 4) is 11.8 Å². The van der Waals surface area contributed by atoms with Crippen molar-refractivity contribution in [2.75, 3.05) is 33.3 Å². The highest BCUT2D eigenvalue weighted by atomic mass is 16.5. The van der Waals surface area contributed by atoms with Gasteiger partial charge in [0.15, 0.2) is 0 Å². The molecule has 0 N–H and O–H groups in total. The molecule has 1 aliphatic heterocycles. The van der Waals surface area contributed by atoms with Gasteiger partial charge in [0.25, 0.3) is 5.56 Å². The summed E-state index contributed by atoms with van der Waals surface area (Å²) in [6, 6.07) is 14.9. The topological polar surface area (TPSA) is 91.5 Å².